The van der Waals surface area contributed by atoms with E-state index in [0.29, 0.717) is 23.0 Å². The minimum atomic E-state index is -0.788. The van der Waals surface area contributed by atoms with Crippen molar-refractivity contribution in [1.29, 1.82) is 5.41 Å². The molecule has 8 heteroatoms. The van der Waals surface area contributed by atoms with Crippen LogP contribution in [0.3, 0.4) is 0 Å². The molecule has 0 unspecified atom stereocenters. The molecule has 1 aliphatic carbocycles. The number of benzene rings is 2. The third-order valence-corrected chi connectivity index (χ3v) is 5.35. The molecule has 1 fully saturated rings. The van der Waals surface area contributed by atoms with E-state index >= 15 is 0 Å². The van der Waals surface area contributed by atoms with Crippen molar-refractivity contribution in [3.8, 4) is 11.5 Å². The number of hydrogen-bond acceptors (Lipinski definition) is 6. The van der Waals surface area contributed by atoms with Crippen LogP contribution >= 0.6 is 0 Å². The molecule has 31 heavy (non-hydrogen) atoms. The van der Waals surface area contributed by atoms with Crippen LogP contribution in [0.1, 0.15) is 43.2 Å². The van der Waals surface area contributed by atoms with Crippen molar-refractivity contribution < 1.29 is 13.5 Å². The smallest absolute Gasteiger partial charge is 0.198 e. The highest BCUT2D eigenvalue weighted by Crippen LogP contribution is 2.29. The summed E-state index contributed by atoms with van der Waals surface area (Å²) in [6.07, 6.45) is 7.05. The van der Waals surface area contributed by atoms with Crippen LogP contribution in [0.25, 0.3) is 0 Å². The molecule has 1 aromatic heterocycles. The van der Waals surface area contributed by atoms with Crippen LogP contribution in [0, 0.1) is 17.0 Å². The van der Waals surface area contributed by atoms with Gasteiger partial charge in [0, 0.05) is 11.6 Å². The summed E-state index contributed by atoms with van der Waals surface area (Å²) < 4.78 is 33.0. The molecule has 4 N–H and O–H groups in total. The van der Waals surface area contributed by atoms with Crippen molar-refractivity contribution >= 4 is 17.3 Å². The van der Waals surface area contributed by atoms with E-state index in [1.165, 1.54) is 18.8 Å². The third kappa shape index (κ3) is 4.63. The minimum absolute atomic E-state index is 0.153. The number of nitrogens with two attached hydrogens (primary N) is 1. The first kappa shape index (κ1) is 20.7. The summed E-state index contributed by atoms with van der Waals surface area (Å²) in [5.41, 5.74) is 7.23. The second-order valence-electron chi connectivity index (χ2n) is 7.51. The highest BCUT2D eigenvalue weighted by atomic mass is 19.1. The van der Waals surface area contributed by atoms with Gasteiger partial charge in [-0.05, 0) is 49.2 Å². The third-order valence-electron chi connectivity index (χ3n) is 5.35. The molecule has 0 atom stereocenters. The maximum atomic E-state index is 13.8. The molecule has 0 spiro atoms. The number of nitrogens with one attached hydrogen (secondary N) is 2. The van der Waals surface area contributed by atoms with E-state index in [2.05, 4.69) is 15.3 Å². The van der Waals surface area contributed by atoms with Crippen molar-refractivity contribution in [2.45, 2.75) is 38.1 Å². The van der Waals surface area contributed by atoms with Gasteiger partial charge in [-0.3, -0.25) is 5.41 Å². The van der Waals surface area contributed by atoms with Gasteiger partial charge in [0.2, 0.25) is 0 Å². The Kier molecular flexibility index (Phi) is 6.06. The number of hydrogen-bond donors (Lipinski definition) is 3. The van der Waals surface area contributed by atoms with Gasteiger partial charge in [0.05, 0.1) is 11.3 Å². The second-order valence-corrected chi connectivity index (χ2v) is 7.51. The Balaban J connectivity index is 1.56. The Morgan fingerprint density at radius 1 is 1.00 bits per heavy atom. The summed E-state index contributed by atoms with van der Waals surface area (Å²) in [7, 11) is 0. The predicted molar refractivity (Wildman–Crippen MR) is 116 cm³/mol. The quantitative estimate of drug-likeness (QED) is 0.468. The van der Waals surface area contributed by atoms with E-state index in [4.69, 9.17) is 15.9 Å². The lowest BCUT2D eigenvalue weighted by atomic mass is 9.95. The molecular formula is C23H23F2N5O. The summed E-state index contributed by atoms with van der Waals surface area (Å²) in [6.45, 7) is 0. The molecule has 0 bridgehead atoms. The second kappa shape index (κ2) is 9.07. The van der Waals surface area contributed by atoms with Crippen LogP contribution in [0.15, 0.2) is 48.8 Å². The van der Waals surface area contributed by atoms with Crippen LogP contribution in [-0.2, 0) is 0 Å². The standard InChI is InChI=1S/C23H23F2N5O/c24-17-7-4-8-18(25)21(17)31-16-11-9-14(10-12-16)20(26)19-22(27)28-13-29-23(19)30-15-5-2-1-3-6-15/h4,7-13,15,26H,1-3,5-6H2,(H3,27,28,29,30). The molecule has 6 nitrogen and oxygen atoms in total. The van der Waals surface area contributed by atoms with Crippen molar-refractivity contribution in [2.24, 2.45) is 0 Å². The van der Waals surface area contributed by atoms with Gasteiger partial charge >= 0.3 is 0 Å². The molecule has 0 saturated heterocycles. The number of ether oxygens (including phenoxy) is 1. The summed E-state index contributed by atoms with van der Waals surface area (Å²) in [5, 5.41) is 12.1. The Hall–Kier alpha value is -3.55. The molecular weight excluding hydrogens is 400 g/mol. The molecule has 160 valence electrons. The number of aromatic nitrogens is 2. The summed E-state index contributed by atoms with van der Waals surface area (Å²) >= 11 is 0. The van der Waals surface area contributed by atoms with E-state index in [9.17, 15) is 8.78 Å². The summed E-state index contributed by atoms with van der Waals surface area (Å²) in [6, 6.07) is 10.2. The number of nitrogen functional groups attached to an aromatic ring is 1. The van der Waals surface area contributed by atoms with Crippen LogP contribution < -0.4 is 15.8 Å². The van der Waals surface area contributed by atoms with Crippen LogP contribution in [0.4, 0.5) is 20.4 Å². The summed E-state index contributed by atoms with van der Waals surface area (Å²) in [4.78, 5) is 8.37. The lowest BCUT2D eigenvalue weighted by Gasteiger charge is -2.24. The predicted octanol–water partition coefficient (Wildman–Crippen LogP) is 5.29. The zero-order valence-electron chi connectivity index (χ0n) is 16.9. The fraction of sp³-hybridized carbons (Fsp3) is 0.261. The van der Waals surface area contributed by atoms with E-state index in [1.807, 2.05) is 0 Å². The van der Waals surface area contributed by atoms with Gasteiger partial charge in [-0.25, -0.2) is 18.7 Å². The fourth-order valence-corrected chi connectivity index (χ4v) is 3.73. The van der Waals surface area contributed by atoms with Crippen molar-refractivity contribution in [3.63, 3.8) is 0 Å². The lowest BCUT2D eigenvalue weighted by Crippen LogP contribution is -2.25. The Morgan fingerprint density at radius 2 is 1.68 bits per heavy atom. The fourth-order valence-electron chi connectivity index (χ4n) is 3.73. The highest BCUT2D eigenvalue weighted by molar-refractivity contribution is 6.16. The van der Waals surface area contributed by atoms with Gasteiger partial charge in [-0.2, -0.15) is 0 Å². The van der Waals surface area contributed by atoms with E-state index in [1.54, 1.807) is 24.3 Å². The van der Waals surface area contributed by atoms with E-state index in [0.717, 1.165) is 37.8 Å². The normalized spacial score (nSPS) is 14.3. The first-order valence-corrected chi connectivity index (χ1v) is 10.2. The van der Waals surface area contributed by atoms with E-state index in [-0.39, 0.29) is 17.3 Å². The summed E-state index contributed by atoms with van der Waals surface area (Å²) in [5.74, 6) is -1.04. The average Bonchev–Trinajstić information content (AvgIpc) is 2.77. The number of para-hydroxylation sites is 1. The molecule has 0 amide bonds. The number of anilines is 2. The topological polar surface area (TPSA) is 96.9 Å². The minimum Gasteiger partial charge on any atom is -0.451 e. The molecule has 2 aromatic carbocycles. The van der Waals surface area contributed by atoms with Gasteiger partial charge in [0.15, 0.2) is 17.4 Å². The number of halogens is 2. The first-order chi connectivity index (χ1) is 15.0. The van der Waals surface area contributed by atoms with Gasteiger partial charge in [0.25, 0.3) is 0 Å². The zero-order chi connectivity index (χ0) is 21.8. The molecule has 0 aliphatic heterocycles. The van der Waals surface area contributed by atoms with Gasteiger partial charge in [-0.1, -0.05) is 25.3 Å². The van der Waals surface area contributed by atoms with E-state index < -0.39 is 17.4 Å². The van der Waals surface area contributed by atoms with Crippen molar-refractivity contribution in [2.75, 3.05) is 11.1 Å². The van der Waals surface area contributed by atoms with Crippen molar-refractivity contribution in [1.82, 2.24) is 9.97 Å². The monoisotopic (exact) mass is 423 g/mol. The number of nitrogens with zero attached hydrogens (tertiary/aromatic N) is 2. The van der Waals surface area contributed by atoms with Crippen LogP contribution in [0.5, 0.6) is 11.5 Å². The number of rotatable bonds is 6. The zero-order valence-corrected chi connectivity index (χ0v) is 16.9. The SMILES string of the molecule is N=C(c1ccc(Oc2c(F)cccc2F)cc1)c1c(N)ncnc1NC1CCCCC1. The molecule has 1 heterocycles. The lowest BCUT2D eigenvalue weighted by molar-refractivity contribution is 0.407. The van der Waals surface area contributed by atoms with Crippen LogP contribution in [-0.4, -0.2) is 21.7 Å². The average molecular weight is 423 g/mol. The Morgan fingerprint density at radius 3 is 2.35 bits per heavy atom. The highest BCUT2D eigenvalue weighted by Gasteiger charge is 2.20. The van der Waals surface area contributed by atoms with Crippen molar-refractivity contribution in [3.05, 3.63) is 71.6 Å². The maximum Gasteiger partial charge on any atom is 0.198 e. The molecule has 0 radical (unpaired) electrons. The maximum absolute atomic E-state index is 13.8. The van der Waals surface area contributed by atoms with Crippen LogP contribution in [0.2, 0.25) is 0 Å². The molecule has 1 aliphatic rings. The Bertz CT molecular complexity index is 1060. The van der Waals surface area contributed by atoms with Gasteiger partial charge in [0.1, 0.15) is 23.7 Å². The molecule has 1 saturated carbocycles. The largest absolute Gasteiger partial charge is 0.451 e. The molecule has 3 aromatic rings. The Labute approximate surface area is 179 Å². The van der Waals surface area contributed by atoms with Gasteiger partial charge < -0.3 is 15.8 Å². The molecule has 4 rings (SSSR count). The van der Waals surface area contributed by atoms with Gasteiger partial charge in [-0.15, -0.1) is 0 Å². The first-order valence-electron chi connectivity index (χ1n) is 10.2.